The molecule has 0 saturated carbocycles. The summed E-state index contributed by atoms with van der Waals surface area (Å²) in [5.41, 5.74) is 2.53. The van der Waals surface area contributed by atoms with Crippen molar-refractivity contribution in [3.8, 4) is 0 Å². The monoisotopic (exact) mass is 467 g/mol. The first-order valence-electron chi connectivity index (χ1n) is 9.36. The van der Waals surface area contributed by atoms with Gasteiger partial charge in [0.15, 0.2) is 15.0 Å². The summed E-state index contributed by atoms with van der Waals surface area (Å²) in [5, 5.41) is 0.653. The number of fused-ring (bicyclic) bond motifs is 1. The van der Waals surface area contributed by atoms with E-state index in [1.54, 1.807) is 17.0 Å². The zero-order valence-electron chi connectivity index (χ0n) is 17.5. The van der Waals surface area contributed by atoms with E-state index in [9.17, 15) is 13.2 Å². The van der Waals surface area contributed by atoms with Gasteiger partial charge < -0.3 is 4.90 Å². The summed E-state index contributed by atoms with van der Waals surface area (Å²) in [6, 6.07) is 12.2. The Morgan fingerprint density at radius 2 is 1.73 bits per heavy atom. The van der Waals surface area contributed by atoms with Crippen LogP contribution in [0.1, 0.15) is 22.8 Å². The van der Waals surface area contributed by atoms with E-state index in [0.717, 1.165) is 28.5 Å². The number of carbonyl (C=O) groups is 1. The number of benzene rings is 2. The lowest BCUT2D eigenvalue weighted by molar-refractivity contribution is 0.0985. The smallest absolute Gasteiger partial charge is 0.260 e. The maximum Gasteiger partial charge on any atom is 0.260 e. The second-order valence-corrected chi connectivity index (χ2v) is 10.2. The van der Waals surface area contributed by atoms with Gasteiger partial charge in [-0.05, 0) is 56.4 Å². The molecule has 3 aromatic rings. The molecule has 0 bridgehead atoms. The van der Waals surface area contributed by atoms with Crippen LogP contribution in [0.25, 0.3) is 10.2 Å². The summed E-state index contributed by atoms with van der Waals surface area (Å²) in [4.78, 5) is 21.9. The Bertz CT molecular complexity index is 1130. The van der Waals surface area contributed by atoms with Gasteiger partial charge in [-0.15, -0.1) is 12.4 Å². The normalized spacial score (nSPS) is 11.5. The number of thiazole rings is 1. The fourth-order valence-corrected chi connectivity index (χ4v) is 4.65. The van der Waals surface area contributed by atoms with Crippen molar-refractivity contribution in [3.05, 3.63) is 53.6 Å². The molecule has 0 radical (unpaired) electrons. The number of likely N-dealkylation sites (N-methyl/N-ethyl adjacent to an activating group) is 1. The summed E-state index contributed by atoms with van der Waals surface area (Å²) in [5.74, 6) is -0.191. The number of nitrogens with zero attached hydrogens (tertiary/aromatic N) is 3. The average Bonchev–Trinajstić information content (AvgIpc) is 3.11. The number of anilines is 1. The van der Waals surface area contributed by atoms with Crippen molar-refractivity contribution in [1.29, 1.82) is 0 Å². The summed E-state index contributed by atoms with van der Waals surface area (Å²) in [6.45, 7) is 3.26. The van der Waals surface area contributed by atoms with Crippen molar-refractivity contribution in [1.82, 2.24) is 9.88 Å². The molecule has 9 heteroatoms. The molecule has 0 atom stereocenters. The van der Waals surface area contributed by atoms with E-state index >= 15 is 0 Å². The zero-order chi connectivity index (χ0) is 21.2. The number of para-hydroxylation sites is 1. The van der Waals surface area contributed by atoms with Crippen LogP contribution < -0.4 is 4.90 Å². The van der Waals surface area contributed by atoms with Gasteiger partial charge in [0, 0.05) is 24.9 Å². The molecule has 1 heterocycles. The number of amides is 1. The number of carbonyl (C=O) groups excluding carboxylic acids is 1. The van der Waals surface area contributed by atoms with Gasteiger partial charge in [-0.1, -0.05) is 30.4 Å². The van der Waals surface area contributed by atoms with Crippen LogP contribution in [0.4, 0.5) is 5.13 Å². The van der Waals surface area contributed by atoms with E-state index in [0.29, 0.717) is 23.8 Å². The van der Waals surface area contributed by atoms with Crippen LogP contribution in [-0.4, -0.2) is 57.6 Å². The lowest BCUT2D eigenvalue weighted by atomic mass is 10.1. The van der Waals surface area contributed by atoms with Crippen molar-refractivity contribution in [3.63, 3.8) is 0 Å². The molecule has 6 nitrogen and oxygen atoms in total. The topological polar surface area (TPSA) is 70.6 Å². The van der Waals surface area contributed by atoms with Gasteiger partial charge in [0.05, 0.1) is 15.1 Å². The molecular weight excluding hydrogens is 442 g/mol. The maximum atomic E-state index is 13.3. The van der Waals surface area contributed by atoms with Crippen LogP contribution in [0.5, 0.6) is 0 Å². The zero-order valence-corrected chi connectivity index (χ0v) is 19.9. The number of hydrogen-bond donors (Lipinski definition) is 0. The van der Waals surface area contributed by atoms with Crippen LogP contribution in [-0.2, 0) is 16.3 Å². The Balaban J connectivity index is 0.00000320. The average molecular weight is 468 g/mol. The van der Waals surface area contributed by atoms with Crippen LogP contribution >= 0.6 is 23.7 Å². The highest BCUT2D eigenvalue weighted by Gasteiger charge is 2.22. The maximum absolute atomic E-state index is 13.3. The van der Waals surface area contributed by atoms with E-state index in [4.69, 9.17) is 4.98 Å². The third-order valence-electron chi connectivity index (χ3n) is 4.65. The molecule has 0 saturated heterocycles. The Kier molecular flexibility index (Phi) is 7.99. The van der Waals surface area contributed by atoms with Crippen molar-refractivity contribution in [2.45, 2.75) is 18.2 Å². The molecule has 1 aromatic heterocycles. The van der Waals surface area contributed by atoms with E-state index in [1.165, 1.54) is 23.5 Å². The fraction of sp³-hybridized carbons (Fsp3) is 0.333. The molecule has 0 fully saturated rings. The number of aromatic nitrogens is 1. The summed E-state index contributed by atoms with van der Waals surface area (Å²) in [6.07, 6.45) is 2.03. The first-order valence-corrected chi connectivity index (χ1v) is 12.1. The minimum atomic E-state index is -3.31. The number of sulfone groups is 1. The second kappa shape index (κ2) is 9.87. The van der Waals surface area contributed by atoms with Crippen LogP contribution in [0.2, 0.25) is 0 Å². The standard InChI is InChI=1S/C21H25N3O3S2.ClH/c1-5-15-7-6-8-18-19(15)22-21(28-18)24(14-13-23(2)3)20(25)16-9-11-17(12-10-16)29(4,26)27;/h6-12H,5,13-14H2,1-4H3;1H. The Labute approximate surface area is 187 Å². The SMILES string of the molecule is CCc1cccc2sc(N(CCN(C)C)C(=O)c3ccc(S(C)(=O)=O)cc3)nc12.Cl. The summed E-state index contributed by atoms with van der Waals surface area (Å²) < 4.78 is 24.4. The molecule has 162 valence electrons. The Morgan fingerprint density at radius 3 is 2.30 bits per heavy atom. The van der Waals surface area contributed by atoms with Crippen molar-refractivity contribution >= 4 is 54.8 Å². The Hall–Kier alpha value is -2.00. The quantitative estimate of drug-likeness (QED) is 0.527. The van der Waals surface area contributed by atoms with Gasteiger partial charge in [0.2, 0.25) is 0 Å². The van der Waals surface area contributed by atoms with Crippen LogP contribution in [0.15, 0.2) is 47.4 Å². The first-order chi connectivity index (χ1) is 13.7. The van der Waals surface area contributed by atoms with Gasteiger partial charge in [-0.25, -0.2) is 13.4 Å². The minimum Gasteiger partial charge on any atom is -0.308 e. The highest BCUT2D eigenvalue weighted by Crippen LogP contribution is 2.32. The molecule has 0 N–H and O–H groups in total. The highest BCUT2D eigenvalue weighted by molar-refractivity contribution is 7.90. The third kappa shape index (κ3) is 5.37. The van der Waals surface area contributed by atoms with Crippen molar-refractivity contribution in [2.75, 3.05) is 38.3 Å². The van der Waals surface area contributed by atoms with Gasteiger partial charge in [-0.3, -0.25) is 9.69 Å². The lowest BCUT2D eigenvalue weighted by Crippen LogP contribution is -2.36. The van der Waals surface area contributed by atoms with Gasteiger partial charge in [-0.2, -0.15) is 0 Å². The molecule has 3 rings (SSSR count). The number of halogens is 1. The highest BCUT2D eigenvalue weighted by atomic mass is 35.5. The first kappa shape index (κ1) is 24.3. The number of hydrogen-bond acceptors (Lipinski definition) is 6. The molecular formula is C21H26ClN3O3S2. The molecule has 1 amide bonds. The Morgan fingerprint density at radius 1 is 1.07 bits per heavy atom. The van der Waals surface area contributed by atoms with Gasteiger partial charge >= 0.3 is 0 Å². The van der Waals surface area contributed by atoms with E-state index in [-0.39, 0.29) is 23.2 Å². The fourth-order valence-electron chi connectivity index (χ4n) is 2.98. The van der Waals surface area contributed by atoms with E-state index < -0.39 is 9.84 Å². The summed E-state index contributed by atoms with van der Waals surface area (Å²) in [7, 11) is 0.605. The van der Waals surface area contributed by atoms with Gasteiger partial charge in [0.1, 0.15) is 0 Å². The predicted molar refractivity (Wildman–Crippen MR) is 126 cm³/mol. The van der Waals surface area contributed by atoms with Crippen LogP contribution in [0.3, 0.4) is 0 Å². The molecule has 0 spiro atoms. The predicted octanol–water partition coefficient (Wildman–Crippen LogP) is 3.89. The van der Waals surface area contributed by atoms with Crippen LogP contribution in [0, 0.1) is 0 Å². The largest absolute Gasteiger partial charge is 0.308 e. The molecule has 0 aliphatic rings. The van der Waals surface area contributed by atoms with Gasteiger partial charge in [0.25, 0.3) is 5.91 Å². The number of rotatable bonds is 7. The van der Waals surface area contributed by atoms with Crippen molar-refractivity contribution < 1.29 is 13.2 Å². The molecule has 30 heavy (non-hydrogen) atoms. The molecule has 0 aliphatic carbocycles. The van der Waals surface area contributed by atoms with Crippen molar-refractivity contribution in [2.24, 2.45) is 0 Å². The second-order valence-electron chi connectivity index (χ2n) is 7.17. The lowest BCUT2D eigenvalue weighted by Gasteiger charge is -2.22. The molecule has 0 unspecified atom stereocenters. The third-order valence-corrected chi connectivity index (χ3v) is 6.82. The van der Waals surface area contributed by atoms with E-state index in [1.807, 2.05) is 31.1 Å². The summed E-state index contributed by atoms with van der Waals surface area (Å²) >= 11 is 1.50. The number of aryl methyl sites for hydroxylation is 1. The minimum absolute atomic E-state index is 0. The van der Waals surface area contributed by atoms with E-state index in [2.05, 4.69) is 13.0 Å². The molecule has 2 aromatic carbocycles. The molecule has 0 aliphatic heterocycles.